The summed E-state index contributed by atoms with van der Waals surface area (Å²) < 4.78 is 10.5. The van der Waals surface area contributed by atoms with Gasteiger partial charge in [0.05, 0.1) is 22.2 Å². The summed E-state index contributed by atoms with van der Waals surface area (Å²) in [6.07, 6.45) is 0. The first-order valence-electron chi connectivity index (χ1n) is 10.1. The topological polar surface area (TPSA) is 115 Å². The van der Waals surface area contributed by atoms with Crippen molar-refractivity contribution in [2.24, 2.45) is 0 Å². The summed E-state index contributed by atoms with van der Waals surface area (Å²) in [6, 6.07) is 14.9. The molecule has 0 bridgehead atoms. The second kappa shape index (κ2) is 7.52. The van der Waals surface area contributed by atoms with Crippen molar-refractivity contribution in [3.8, 4) is 22.9 Å². The first-order valence-corrected chi connectivity index (χ1v) is 10.1. The Balaban J connectivity index is 1.74. The number of H-pyrrole nitrogens is 1. The highest BCUT2D eigenvalue weighted by Crippen LogP contribution is 2.40. The summed E-state index contributed by atoms with van der Waals surface area (Å²) >= 11 is 0. The van der Waals surface area contributed by atoms with Crippen molar-refractivity contribution < 1.29 is 28.7 Å². The van der Waals surface area contributed by atoms with Gasteiger partial charge in [-0.05, 0) is 30.3 Å². The minimum Gasteiger partial charge on any atom is -0.426 e. The molecule has 0 aliphatic heterocycles. The first kappa shape index (κ1) is 20.3. The lowest BCUT2D eigenvalue weighted by molar-refractivity contribution is -0.132. The Bertz CT molecular complexity index is 1480. The van der Waals surface area contributed by atoms with Crippen LogP contribution in [-0.4, -0.2) is 33.5 Å². The van der Waals surface area contributed by atoms with Crippen LogP contribution in [0.25, 0.3) is 22.4 Å². The Morgan fingerprint density at radius 3 is 2.21 bits per heavy atom. The minimum atomic E-state index is -0.654. The van der Waals surface area contributed by atoms with Crippen LogP contribution in [0.4, 0.5) is 0 Å². The zero-order chi connectivity index (χ0) is 23.3. The molecule has 0 spiro atoms. The number of aromatic amines is 1. The molecule has 0 saturated heterocycles. The fourth-order valence-corrected chi connectivity index (χ4v) is 3.95. The van der Waals surface area contributed by atoms with E-state index in [-0.39, 0.29) is 33.8 Å². The highest BCUT2D eigenvalue weighted by atomic mass is 16.5. The van der Waals surface area contributed by atoms with Gasteiger partial charge in [0.15, 0.2) is 5.78 Å². The quantitative estimate of drug-likeness (QED) is 0.335. The number of carbonyl (C=O) groups excluding carboxylic acids is 4. The van der Waals surface area contributed by atoms with Crippen molar-refractivity contribution >= 4 is 34.5 Å². The largest absolute Gasteiger partial charge is 0.426 e. The lowest BCUT2D eigenvalue weighted by Gasteiger charge is -2.22. The van der Waals surface area contributed by atoms with Gasteiger partial charge in [0.25, 0.3) is 0 Å². The molecule has 0 amide bonds. The Kier molecular flexibility index (Phi) is 4.63. The molecule has 1 aliphatic carbocycles. The second-order valence-corrected chi connectivity index (χ2v) is 7.52. The van der Waals surface area contributed by atoms with Gasteiger partial charge < -0.3 is 14.5 Å². The molecule has 0 fully saturated rings. The number of ketones is 2. The molecule has 0 unspecified atom stereocenters. The Labute approximate surface area is 187 Å². The van der Waals surface area contributed by atoms with Crippen LogP contribution >= 0.6 is 0 Å². The van der Waals surface area contributed by atoms with Crippen LogP contribution < -0.4 is 9.47 Å². The van der Waals surface area contributed by atoms with E-state index in [1.807, 2.05) is 24.3 Å². The smallest absolute Gasteiger partial charge is 0.308 e. The normalized spacial score (nSPS) is 12.3. The van der Waals surface area contributed by atoms with Crippen molar-refractivity contribution in [3.63, 3.8) is 0 Å². The number of aromatic nitrogens is 2. The number of carbonyl (C=O) groups is 4. The van der Waals surface area contributed by atoms with Gasteiger partial charge in [0.2, 0.25) is 5.78 Å². The molecular weight excluding hydrogens is 424 g/mol. The average molecular weight is 440 g/mol. The fourth-order valence-electron chi connectivity index (χ4n) is 3.95. The Hall–Kier alpha value is -4.59. The third-order valence-corrected chi connectivity index (χ3v) is 5.24. The van der Waals surface area contributed by atoms with E-state index in [9.17, 15) is 19.2 Å². The van der Waals surface area contributed by atoms with E-state index < -0.39 is 23.5 Å². The predicted octanol–water partition coefficient (Wildman–Crippen LogP) is 3.86. The Morgan fingerprint density at radius 2 is 1.48 bits per heavy atom. The van der Waals surface area contributed by atoms with E-state index in [0.29, 0.717) is 11.4 Å². The zero-order valence-corrected chi connectivity index (χ0v) is 17.6. The fraction of sp³-hybridized carbons (Fsp3) is 0.0800. The second-order valence-electron chi connectivity index (χ2n) is 7.52. The van der Waals surface area contributed by atoms with Crippen LogP contribution in [0.3, 0.4) is 0 Å². The molecular formula is C25H16N2O6. The minimum absolute atomic E-state index is 0.0286. The number of fused-ring (bicyclic) bond motifs is 3. The zero-order valence-electron chi connectivity index (χ0n) is 17.6. The van der Waals surface area contributed by atoms with E-state index >= 15 is 0 Å². The highest BCUT2D eigenvalue weighted by molar-refractivity contribution is 6.30. The summed E-state index contributed by atoms with van der Waals surface area (Å²) in [5.41, 5.74) is 2.04. The van der Waals surface area contributed by atoms with Gasteiger partial charge in [-0.25, -0.2) is 4.98 Å². The summed E-state index contributed by atoms with van der Waals surface area (Å²) in [4.78, 5) is 58.0. The lowest BCUT2D eigenvalue weighted by atomic mass is 9.82. The summed E-state index contributed by atoms with van der Waals surface area (Å²) in [7, 11) is 0. The van der Waals surface area contributed by atoms with Gasteiger partial charge in [-0.1, -0.05) is 24.3 Å². The summed E-state index contributed by atoms with van der Waals surface area (Å²) in [5, 5.41) is 0. The van der Waals surface area contributed by atoms with E-state index in [0.717, 1.165) is 11.0 Å². The molecule has 1 heterocycles. The van der Waals surface area contributed by atoms with Gasteiger partial charge >= 0.3 is 11.9 Å². The van der Waals surface area contributed by atoms with Crippen LogP contribution in [-0.2, 0) is 9.59 Å². The number of benzene rings is 3. The number of hydrogen-bond acceptors (Lipinski definition) is 7. The number of imidazole rings is 1. The molecule has 0 saturated carbocycles. The molecule has 1 aliphatic rings. The van der Waals surface area contributed by atoms with E-state index in [4.69, 9.17) is 9.47 Å². The van der Waals surface area contributed by atoms with Crippen LogP contribution in [0, 0.1) is 0 Å². The van der Waals surface area contributed by atoms with E-state index in [2.05, 4.69) is 9.97 Å². The number of nitrogens with one attached hydrogen (secondary N) is 1. The maximum Gasteiger partial charge on any atom is 0.308 e. The molecule has 162 valence electrons. The van der Waals surface area contributed by atoms with Crippen molar-refractivity contribution in [1.29, 1.82) is 0 Å². The van der Waals surface area contributed by atoms with Crippen molar-refractivity contribution in [3.05, 3.63) is 76.9 Å². The van der Waals surface area contributed by atoms with Crippen molar-refractivity contribution in [2.45, 2.75) is 13.8 Å². The van der Waals surface area contributed by atoms with Gasteiger partial charge in [-0.2, -0.15) is 0 Å². The molecule has 0 radical (unpaired) electrons. The summed E-state index contributed by atoms with van der Waals surface area (Å²) in [5.74, 6) is -1.97. The number of para-hydroxylation sites is 2. The van der Waals surface area contributed by atoms with Gasteiger partial charge in [-0.3, -0.25) is 19.2 Å². The molecule has 1 aromatic heterocycles. The highest BCUT2D eigenvalue weighted by Gasteiger charge is 2.36. The maximum atomic E-state index is 13.5. The predicted molar refractivity (Wildman–Crippen MR) is 117 cm³/mol. The SMILES string of the molecule is CC(=O)Oc1cccc2c1C(=O)c1c(OC(C)=O)cc(-c3nc4ccccc4[nH]3)cc1C2=O. The Morgan fingerprint density at radius 1 is 0.788 bits per heavy atom. The number of rotatable bonds is 3. The molecule has 1 N–H and O–H groups in total. The van der Waals surface area contributed by atoms with E-state index in [1.165, 1.54) is 38.1 Å². The number of hydrogen-bond donors (Lipinski definition) is 1. The van der Waals surface area contributed by atoms with E-state index in [1.54, 1.807) is 6.07 Å². The van der Waals surface area contributed by atoms with Crippen LogP contribution in [0.2, 0.25) is 0 Å². The third kappa shape index (κ3) is 3.38. The van der Waals surface area contributed by atoms with Crippen LogP contribution in [0.15, 0.2) is 54.6 Å². The van der Waals surface area contributed by atoms with Crippen LogP contribution in [0.5, 0.6) is 11.5 Å². The maximum absolute atomic E-state index is 13.5. The molecule has 8 nitrogen and oxygen atoms in total. The molecule has 4 aromatic rings. The number of esters is 2. The average Bonchev–Trinajstić information content (AvgIpc) is 3.20. The lowest BCUT2D eigenvalue weighted by Crippen LogP contribution is -2.24. The summed E-state index contributed by atoms with van der Waals surface area (Å²) in [6.45, 7) is 2.40. The standard InChI is InChI=1S/C25H16N2O6/c1-12(28)32-19-9-5-6-15-21(19)24(31)22-16(23(15)30)10-14(11-20(22)33-13(2)29)25-26-17-7-3-4-8-18(17)27-25/h3-11H,1-2H3,(H,26,27). The van der Waals surface area contributed by atoms with Crippen molar-refractivity contribution in [2.75, 3.05) is 0 Å². The van der Waals surface area contributed by atoms with Gasteiger partial charge in [-0.15, -0.1) is 0 Å². The van der Waals surface area contributed by atoms with Crippen molar-refractivity contribution in [1.82, 2.24) is 9.97 Å². The van der Waals surface area contributed by atoms with Crippen LogP contribution in [0.1, 0.15) is 45.7 Å². The van der Waals surface area contributed by atoms with Gasteiger partial charge in [0.1, 0.15) is 17.3 Å². The molecule has 3 aromatic carbocycles. The third-order valence-electron chi connectivity index (χ3n) is 5.24. The number of nitrogens with zero attached hydrogens (tertiary/aromatic N) is 1. The number of ether oxygens (including phenoxy) is 2. The molecule has 0 atom stereocenters. The molecule has 8 heteroatoms. The first-order chi connectivity index (χ1) is 15.8. The van der Waals surface area contributed by atoms with Gasteiger partial charge in [0, 0.05) is 30.5 Å². The molecule has 33 heavy (non-hydrogen) atoms. The monoisotopic (exact) mass is 440 g/mol. The molecule has 5 rings (SSSR count).